The van der Waals surface area contributed by atoms with Gasteiger partial charge in [0.15, 0.2) is 0 Å². The maximum absolute atomic E-state index is 5.25. The molecule has 1 aliphatic carbocycles. The van der Waals surface area contributed by atoms with Gasteiger partial charge in [0.2, 0.25) is 5.96 Å². The number of aliphatic imine (C=N–C) groups is 2. The van der Waals surface area contributed by atoms with Gasteiger partial charge in [0.05, 0.1) is 6.61 Å². The van der Waals surface area contributed by atoms with Crippen molar-refractivity contribution in [3.05, 3.63) is 48.2 Å². The minimum Gasteiger partial charge on any atom is -0.377 e. The van der Waals surface area contributed by atoms with Crippen LogP contribution in [0.5, 0.6) is 0 Å². The molecule has 5 nitrogen and oxygen atoms in total. The number of piperazine rings is 1. The van der Waals surface area contributed by atoms with Crippen LogP contribution in [0.3, 0.4) is 0 Å². The summed E-state index contributed by atoms with van der Waals surface area (Å²) >= 11 is 0. The van der Waals surface area contributed by atoms with E-state index in [1.54, 1.807) is 0 Å². The fourth-order valence-corrected chi connectivity index (χ4v) is 3.54. The number of hydrogen-bond donors (Lipinski definition) is 0. The third kappa shape index (κ3) is 21.0. The highest BCUT2D eigenvalue weighted by atomic mass is 16.5. The Bertz CT molecular complexity index is 679. The van der Waals surface area contributed by atoms with Crippen molar-refractivity contribution in [2.24, 2.45) is 9.98 Å². The van der Waals surface area contributed by atoms with Crippen LogP contribution in [0.4, 0.5) is 0 Å². The van der Waals surface area contributed by atoms with E-state index in [4.69, 9.17) is 4.74 Å². The first-order valence-corrected chi connectivity index (χ1v) is 15.2. The molecule has 0 aromatic carbocycles. The molecule has 0 N–H and O–H groups in total. The van der Waals surface area contributed by atoms with Crippen molar-refractivity contribution in [2.75, 3.05) is 39.4 Å². The first-order chi connectivity index (χ1) is 18.4. The lowest BCUT2D eigenvalue weighted by atomic mass is 9.91. The summed E-state index contributed by atoms with van der Waals surface area (Å²) in [7, 11) is 0. The Morgan fingerprint density at radius 1 is 0.921 bits per heavy atom. The van der Waals surface area contributed by atoms with Gasteiger partial charge in [-0.3, -0.25) is 4.90 Å². The SMILES string of the molecule is C=C(C)/C=C\C=C/COCCC.C=NC(=N/C=C(\C)CCC)N1CCN(C2CCC2)CC1.CC.CCCC. The van der Waals surface area contributed by atoms with E-state index in [2.05, 4.69) is 67.7 Å². The van der Waals surface area contributed by atoms with Gasteiger partial charge in [0.1, 0.15) is 0 Å². The number of ether oxygens (including phenoxy) is 1. The predicted octanol–water partition coefficient (Wildman–Crippen LogP) is 8.85. The quantitative estimate of drug-likeness (QED) is 0.116. The molecule has 1 saturated heterocycles. The van der Waals surface area contributed by atoms with E-state index in [-0.39, 0.29) is 0 Å². The van der Waals surface area contributed by atoms with Gasteiger partial charge in [0, 0.05) is 45.0 Å². The largest absolute Gasteiger partial charge is 0.377 e. The maximum atomic E-state index is 5.25. The first kappa shape index (κ1) is 38.2. The van der Waals surface area contributed by atoms with Crippen LogP contribution >= 0.6 is 0 Å². The number of guanidine groups is 1. The molecular formula is C33H62N4O. The highest BCUT2D eigenvalue weighted by molar-refractivity contribution is 5.84. The molecule has 0 spiro atoms. The van der Waals surface area contributed by atoms with Gasteiger partial charge in [-0.25, -0.2) is 9.98 Å². The summed E-state index contributed by atoms with van der Waals surface area (Å²) < 4.78 is 5.25. The molecule has 220 valence electrons. The molecule has 1 aliphatic heterocycles. The summed E-state index contributed by atoms with van der Waals surface area (Å²) in [5.41, 5.74) is 2.37. The van der Waals surface area contributed by atoms with Gasteiger partial charge in [-0.1, -0.05) is 109 Å². The molecule has 0 atom stereocenters. The smallest absolute Gasteiger partial charge is 0.224 e. The van der Waals surface area contributed by atoms with E-state index in [9.17, 15) is 0 Å². The summed E-state index contributed by atoms with van der Waals surface area (Å²) in [6, 6.07) is 0.848. The normalized spacial score (nSPS) is 16.6. The Labute approximate surface area is 237 Å². The first-order valence-electron chi connectivity index (χ1n) is 15.2. The number of rotatable bonds is 11. The average Bonchev–Trinajstić information content (AvgIpc) is 2.90. The molecule has 0 aromatic heterocycles. The Morgan fingerprint density at radius 3 is 2.00 bits per heavy atom. The van der Waals surface area contributed by atoms with Crippen molar-refractivity contribution in [3.63, 3.8) is 0 Å². The Hall–Kier alpha value is -1.98. The van der Waals surface area contributed by atoms with Gasteiger partial charge in [-0.15, -0.1) is 0 Å². The summed E-state index contributed by atoms with van der Waals surface area (Å²) in [5, 5.41) is 0. The maximum Gasteiger partial charge on any atom is 0.224 e. The molecule has 1 heterocycles. The number of unbranched alkanes of at least 4 members (excludes halogenated alkanes) is 1. The third-order valence-corrected chi connectivity index (χ3v) is 6.06. The summed E-state index contributed by atoms with van der Waals surface area (Å²) in [5.74, 6) is 0.786. The van der Waals surface area contributed by atoms with Crippen molar-refractivity contribution in [3.8, 4) is 0 Å². The van der Waals surface area contributed by atoms with E-state index in [1.807, 2.05) is 51.3 Å². The van der Waals surface area contributed by atoms with Gasteiger partial charge >= 0.3 is 0 Å². The van der Waals surface area contributed by atoms with E-state index < -0.39 is 0 Å². The van der Waals surface area contributed by atoms with Crippen LogP contribution in [0.15, 0.2) is 58.2 Å². The lowest BCUT2D eigenvalue weighted by molar-refractivity contribution is 0.0851. The second-order valence-electron chi connectivity index (χ2n) is 9.63. The van der Waals surface area contributed by atoms with Crippen LogP contribution in [0.1, 0.15) is 107 Å². The fraction of sp³-hybridized carbons (Fsp3) is 0.697. The zero-order valence-corrected chi connectivity index (χ0v) is 26.5. The minimum atomic E-state index is 0.703. The van der Waals surface area contributed by atoms with E-state index in [0.29, 0.717) is 6.61 Å². The van der Waals surface area contributed by atoms with Crippen molar-refractivity contribution < 1.29 is 4.74 Å². The molecule has 1 saturated carbocycles. The fourth-order valence-electron chi connectivity index (χ4n) is 3.54. The molecule has 38 heavy (non-hydrogen) atoms. The Morgan fingerprint density at radius 2 is 1.55 bits per heavy atom. The van der Waals surface area contributed by atoms with Crippen LogP contribution in [-0.2, 0) is 4.74 Å². The van der Waals surface area contributed by atoms with Gasteiger partial charge in [-0.05, 0) is 46.2 Å². The predicted molar refractivity (Wildman–Crippen MR) is 173 cm³/mol. The second-order valence-corrected chi connectivity index (χ2v) is 9.63. The van der Waals surface area contributed by atoms with E-state index >= 15 is 0 Å². The highest BCUT2D eigenvalue weighted by Gasteiger charge is 2.28. The van der Waals surface area contributed by atoms with Crippen LogP contribution in [0.25, 0.3) is 0 Å². The van der Waals surface area contributed by atoms with Crippen LogP contribution < -0.4 is 0 Å². The number of nitrogens with zero attached hydrogens (tertiary/aromatic N) is 4. The van der Waals surface area contributed by atoms with E-state index in [0.717, 1.165) is 69.6 Å². The number of allylic oxidation sites excluding steroid dienone is 5. The molecule has 0 radical (unpaired) electrons. The summed E-state index contributed by atoms with van der Waals surface area (Å²) in [6.45, 7) is 30.0. The van der Waals surface area contributed by atoms with Crippen molar-refractivity contribution >= 4 is 12.7 Å². The molecule has 0 aromatic rings. The minimum absolute atomic E-state index is 0.703. The zero-order valence-electron chi connectivity index (χ0n) is 26.5. The molecule has 5 heteroatoms. The van der Waals surface area contributed by atoms with E-state index in [1.165, 1.54) is 37.7 Å². The summed E-state index contributed by atoms with van der Waals surface area (Å²) in [6.07, 6.45) is 20.0. The lowest BCUT2D eigenvalue weighted by Gasteiger charge is -2.43. The van der Waals surface area contributed by atoms with Crippen LogP contribution in [-0.4, -0.2) is 67.9 Å². The molecule has 2 rings (SSSR count). The molecule has 2 fully saturated rings. The van der Waals surface area contributed by atoms with Crippen LogP contribution in [0, 0.1) is 0 Å². The molecule has 0 bridgehead atoms. The van der Waals surface area contributed by atoms with Crippen molar-refractivity contribution in [1.82, 2.24) is 9.80 Å². The standard InChI is InChI=1S/C16H28N4.C11H18O.C4H10.C2H6/c1-4-6-14(2)13-18-16(17-3)20-11-9-19(10-12-20)15-7-5-8-15;1-4-9-12-10-7-5-6-8-11(2)3;1-3-4-2;1-2/h13,15H,3-12H2,1-2H3;5-8H,2,4,9-10H2,1,3H3;3-4H2,1-2H3;1-2H3/b14-13+,18-16?;7-5-,8-6-;;. The molecule has 0 unspecified atom stereocenters. The molecule has 2 aliphatic rings. The van der Waals surface area contributed by atoms with Gasteiger partial charge in [0.25, 0.3) is 0 Å². The van der Waals surface area contributed by atoms with Gasteiger partial charge in [-0.2, -0.15) is 0 Å². The Kier molecular flexibility index (Phi) is 28.2. The topological polar surface area (TPSA) is 40.4 Å². The lowest BCUT2D eigenvalue weighted by Crippen LogP contribution is -2.53. The van der Waals surface area contributed by atoms with Crippen molar-refractivity contribution in [1.29, 1.82) is 0 Å². The Balaban J connectivity index is 0. The molecule has 0 amide bonds. The monoisotopic (exact) mass is 530 g/mol. The van der Waals surface area contributed by atoms with Crippen molar-refractivity contribution in [2.45, 2.75) is 113 Å². The van der Waals surface area contributed by atoms with Crippen LogP contribution in [0.2, 0.25) is 0 Å². The van der Waals surface area contributed by atoms with Gasteiger partial charge < -0.3 is 9.64 Å². The third-order valence-electron chi connectivity index (χ3n) is 6.06. The second kappa shape index (κ2) is 28.0. The molecular weight excluding hydrogens is 468 g/mol. The zero-order chi connectivity index (χ0) is 29.0. The highest BCUT2D eigenvalue weighted by Crippen LogP contribution is 2.25. The number of hydrogen-bond acceptors (Lipinski definition) is 3. The summed E-state index contributed by atoms with van der Waals surface area (Å²) in [4.78, 5) is 13.5. The average molecular weight is 531 g/mol.